The number of hydrogen-bond acceptors (Lipinski definition) is 5. The van der Waals surface area contributed by atoms with Gasteiger partial charge >= 0.3 is 0 Å². The third-order valence-electron chi connectivity index (χ3n) is 4.16. The second-order valence-corrected chi connectivity index (χ2v) is 5.78. The van der Waals surface area contributed by atoms with Gasteiger partial charge in [-0.25, -0.2) is 9.97 Å². The van der Waals surface area contributed by atoms with E-state index in [9.17, 15) is 4.79 Å². The smallest absolute Gasteiger partial charge is 0.254 e. The van der Waals surface area contributed by atoms with Crippen LogP contribution in [0.3, 0.4) is 0 Å². The number of anilines is 1. The zero-order chi connectivity index (χ0) is 16.8. The molecule has 2 aromatic rings. The van der Waals surface area contributed by atoms with Gasteiger partial charge in [0, 0.05) is 32.0 Å². The molecule has 1 fully saturated rings. The molecular weight excluding hydrogens is 304 g/mol. The van der Waals surface area contributed by atoms with Crippen molar-refractivity contribution in [2.24, 2.45) is 0 Å². The molecule has 0 unspecified atom stereocenters. The summed E-state index contributed by atoms with van der Waals surface area (Å²) in [4.78, 5) is 22.9. The number of methoxy groups -OCH3 is 1. The van der Waals surface area contributed by atoms with Crippen LogP contribution in [0.25, 0.3) is 0 Å². The maximum atomic E-state index is 12.2. The number of nitrogens with one attached hydrogen (secondary N) is 1. The van der Waals surface area contributed by atoms with Crippen molar-refractivity contribution in [2.75, 3.05) is 31.6 Å². The monoisotopic (exact) mass is 326 g/mol. The van der Waals surface area contributed by atoms with Crippen molar-refractivity contribution < 1.29 is 9.53 Å². The minimum atomic E-state index is -0.155. The minimum absolute atomic E-state index is 0.155. The third-order valence-corrected chi connectivity index (χ3v) is 4.16. The summed E-state index contributed by atoms with van der Waals surface area (Å²) in [6, 6.07) is 7.81. The molecule has 6 heteroatoms. The average Bonchev–Trinajstić information content (AvgIpc) is 3.17. The number of carbonyl (C=O) groups is 1. The van der Waals surface area contributed by atoms with E-state index in [1.807, 2.05) is 24.3 Å². The number of amides is 1. The van der Waals surface area contributed by atoms with Crippen LogP contribution in [-0.2, 0) is 6.42 Å². The molecule has 0 spiro atoms. The van der Waals surface area contributed by atoms with Gasteiger partial charge in [-0.2, -0.15) is 0 Å². The summed E-state index contributed by atoms with van der Waals surface area (Å²) in [5.74, 6) is 1.39. The maximum absolute atomic E-state index is 12.2. The molecule has 2 heterocycles. The fourth-order valence-corrected chi connectivity index (χ4v) is 2.84. The SMILES string of the molecule is COc1ccccc1CCNC(=O)c1cnc(N2CCCC2)nc1. The number of nitrogens with zero attached hydrogens (tertiary/aromatic N) is 3. The van der Waals surface area contributed by atoms with Crippen molar-refractivity contribution in [3.05, 3.63) is 47.8 Å². The number of ether oxygens (including phenoxy) is 1. The predicted molar refractivity (Wildman–Crippen MR) is 92.5 cm³/mol. The van der Waals surface area contributed by atoms with Crippen LogP contribution >= 0.6 is 0 Å². The highest BCUT2D eigenvalue weighted by molar-refractivity contribution is 5.93. The Hall–Kier alpha value is -2.63. The van der Waals surface area contributed by atoms with Crippen LogP contribution in [0, 0.1) is 0 Å². The van der Waals surface area contributed by atoms with E-state index in [4.69, 9.17) is 4.74 Å². The molecule has 6 nitrogen and oxygen atoms in total. The molecule has 1 aromatic heterocycles. The molecule has 0 saturated carbocycles. The molecule has 0 aliphatic carbocycles. The second-order valence-electron chi connectivity index (χ2n) is 5.78. The van der Waals surface area contributed by atoms with Gasteiger partial charge in [-0.05, 0) is 30.9 Å². The molecule has 1 aliphatic heterocycles. The van der Waals surface area contributed by atoms with E-state index < -0.39 is 0 Å². The number of benzene rings is 1. The lowest BCUT2D eigenvalue weighted by Gasteiger charge is -2.14. The topological polar surface area (TPSA) is 67.3 Å². The van der Waals surface area contributed by atoms with E-state index >= 15 is 0 Å². The summed E-state index contributed by atoms with van der Waals surface area (Å²) in [7, 11) is 1.65. The molecule has 1 saturated heterocycles. The average molecular weight is 326 g/mol. The number of rotatable bonds is 6. The highest BCUT2D eigenvalue weighted by atomic mass is 16.5. The van der Waals surface area contributed by atoms with Crippen molar-refractivity contribution in [2.45, 2.75) is 19.3 Å². The van der Waals surface area contributed by atoms with Crippen molar-refractivity contribution >= 4 is 11.9 Å². The van der Waals surface area contributed by atoms with Crippen molar-refractivity contribution in [1.29, 1.82) is 0 Å². The van der Waals surface area contributed by atoms with Crippen LogP contribution < -0.4 is 15.0 Å². The first kappa shape index (κ1) is 16.2. The molecule has 3 rings (SSSR count). The molecule has 126 valence electrons. The van der Waals surface area contributed by atoms with Gasteiger partial charge in [0.15, 0.2) is 0 Å². The Bertz CT molecular complexity index is 682. The standard InChI is InChI=1S/C18H22N4O2/c1-24-16-7-3-2-6-14(16)8-9-19-17(23)15-12-20-18(21-13-15)22-10-4-5-11-22/h2-3,6-7,12-13H,4-5,8-11H2,1H3,(H,19,23). The van der Waals surface area contributed by atoms with Crippen molar-refractivity contribution in [1.82, 2.24) is 15.3 Å². The van der Waals surface area contributed by atoms with Gasteiger partial charge in [-0.3, -0.25) is 4.79 Å². The molecule has 1 aromatic carbocycles. The summed E-state index contributed by atoms with van der Waals surface area (Å²) in [6.07, 6.45) is 6.25. The third kappa shape index (κ3) is 3.82. The van der Waals surface area contributed by atoms with Gasteiger partial charge in [0.2, 0.25) is 5.95 Å². The predicted octanol–water partition coefficient (Wildman–Crippen LogP) is 2.06. The van der Waals surface area contributed by atoms with E-state index in [2.05, 4.69) is 20.2 Å². The normalized spacial score (nSPS) is 13.8. The summed E-state index contributed by atoms with van der Waals surface area (Å²) in [6.45, 7) is 2.52. The summed E-state index contributed by atoms with van der Waals surface area (Å²) >= 11 is 0. The Morgan fingerprint density at radius 3 is 2.62 bits per heavy atom. The number of hydrogen-bond donors (Lipinski definition) is 1. The van der Waals surface area contributed by atoms with Gasteiger partial charge < -0.3 is 15.0 Å². The van der Waals surface area contributed by atoms with Gasteiger partial charge in [-0.15, -0.1) is 0 Å². The first-order valence-corrected chi connectivity index (χ1v) is 8.25. The summed E-state index contributed by atoms with van der Waals surface area (Å²) in [5, 5.41) is 2.90. The van der Waals surface area contributed by atoms with Gasteiger partial charge in [0.25, 0.3) is 5.91 Å². The van der Waals surface area contributed by atoms with Crippen LogP contribution in [-0.4, -0.2) is 42.6 Å². The largest absolute Gasteiger partial charge is 0.496 e. The van der Waals surface area contributed by atoms with Crippen LogP contribution in [0.15, 0.2) is 36.7 Å². The van der Waals surface area contributed by atoms with E-state index in [1.54, 1.807) is 19.5 Å². The Kier molecular flexibility index (Phi) is 5.25. The molecule has 1 aliphatic rings. The minimum Gasteiger partial charge on any atom is -0.496 e. The molecular formula is C18H22N4O2. The fraction of sp³-hybridized carbons (Fsp3) is 0.389. The maximum Gasteiger partial charge on any atom is 0.254 e. The second kappa shape index (κ2) is 7.77. The van der Waals surface area contributed by atoms with Crippen LogP contribution in [0.5, 0.6) is 5.75 Å². The van der Waals surface area contributed by atoms with Crippen LogP contribution in [0.4, 0.5) is 5.95 Å². The lowest BCUT2D eigenvalue weighted by Crippen LogP contribution is -2.26. The zero-order valence-electron chi connectivity index (χ0n) is 13.9. The van der Waals surface area contributed by atoms with Gasteiger partial charge in [0.1, 0.15) is 5.75 Å². The van der Waals surface area contributed by atoms with E-state index in [0.29, 0.717) is 24.5 Å². The first-order chi connectivity index (χ1) is 11.8. The van der Waals surface area contributed by atoms with Gasteiger partial charge in [0.05, 0.1) is 12.7 Å². The number of carbonyl (C=O) groups excluding carboxylic acids is 1. The molecule has 24 heavy (non-hydrogen) atoms. The Labute approximate surface area is 141 Å². The Balaban J connectivity index is 1.53. The quantitative estimate of drug-likeness (QED) is 0.880. The highest BCUT2D eigenvalue weighted by Gasteiger charge is 2.15. The first-order valence-electron chi connectivity index (χ1n) is 8.25. The zero-order valence-corrected chi connectivity index (χ0v) is 13.9. The molecule has 0 bridgehead atoms. The molecule has 0 atom stereocenters. The van der Waals surface area contributed by atoms with E-state index in [0.717, 1.165) is 24.4 Å². The van der Waals surface area contributed by atoms with Crippen molar-refractivity contribution in [3.8, 4) is 5.75 Å². The summed E-state index contributed by atoms with van der Waals surface area (Å²) < 4.78 is 5.31. The van der Waals surface area contributed by atoms with Crippen LogP contribution in [0.1, 0.15) is 28.8 Å². The lowest BCUT2D eigenvalue weighted by molar-refractivity contribution is 0.0953. The number of para-hydroxylation sites is 1. The number of aromatic nitrogens is 2. The molecule has 0 radical (unpaired) electrons. The van der Waals surface area contributed by atoms with Crippen LogP contribution in [0.2, 0.25) is 0 Å². The Morgan fingerprint density at radius 1 is 1.21 bits per heavy atom. The highest BCUT2D eigenvalue weighted by Crippen LogP contribution is 2.17. The fourth-order valence-electron chi connectivity index (χ4n) is 2.84. The summed E-state index contributed by atoms with van der Waals surface area (Å²) in [5.41, 5.74) is 1.55. The Morgan fingerprint density at radius 2 is 1.92 bits per heavy atom. The van der Waals surface area contributed by atoms with E-state index in [1.165, 1.54) is 12.8 Å². The molecule has 1 amide bonds. The van der Waals surface area contributed by atoms with Gasteiger partial charge in [-0.1, -0.05) is 18.2 Å². The van der Waals surface area contributed by atoms with E-state index in [-0.39, 0.29) is 5.91 Å². The lowest BCUT2D eigenvalue weighted by atomic mass is 10.1. The molecule has 1 N–H and O–H groups in total. The van der Waals surface area contributed by atoms with Crippen molar-refractivity contribution in [3.63, 3.8) is 0 Å².